The van der Waals surface area contributed by atoms with Gasteiger partial charge >= 0.3 is 0 Å². The van der Waals surface area contributed by atoms with Gasteiger partial charge in [0.15, 0.2) is 0 Å². The number of carbonyl (C=O) groups excluding carboxylic acids is 1. The van der Waals surface area contributed by atoms with Crippen LogP contribution in [0.1, 0.15) is 23.2 Å². The van der Waals surface area contributed by atoms with Gasteiger partial charge in [0.25, 0.3) is 5.91 Å². The molecule has 1 aliphatic heterocycles. The fourth-order valence-corrected chi connectivity index (χ4v) is 2.24. The van der Waals surface area contributed by atoms with Crippen LogP contribution in [0.3, 0.4) is 0 Å². The van der Waals surface area contributed by atoms with Crippen molar-refractivity contribution in [2.45, 2.75) is 18.9 Å². The van der Waals surface area contributed by atoms with E-state index in [-0.39, 0.29) is 12.0 Å². The second-order valence-electron chi connectivity index (χ2n) is 4.99. The number of nitrogens with zero attached hydrogens (tertiary/aromatic N) is 2. The summed E-state index contributed by atoms with van der Waals surface area (Å²) in [5.41, 5.74) is 1.70. The molecule has 1 unspecified atom stereocenters. The van der Waals surface area contributed by atoms with E-state index < -0.39 is 0 Å². The third kappa shape index (κ3) is 2.82. The van der Waals surface area contributed by atoms with E-state index in [1.807, 2.05) is 43.3 Å². The number of carbonyl (C=O) groups is 1. The number of piperidine rings is 1. The lowest BCUT2D eigenvalue weighted by atomic mass is 10.1. The molecule has 1 aromatic carbocycles. The zero-order chi connectivity index (χ0) is 13.1. The molecule has 0 saturated carbocycles. The van der Waals surface area contributed by atoms with Crippen LogP contribution in [0.25, 0.3) is 0 Å². The summed E-state index contributed by atoms with van der Waals surface area (Å²) in [6.45, 7) is 1.19. The average Bonchev–Trinajstić information content (AvgIpc) is 2.38. The molecule has 0 spiro atoms. The Kier molecular flexibility index (Phi) is 3.87. The molecule has 1 amide bonds. The number of anilines is 1. The van der Waals surface area contributed by atoms with Crippen molar-refractivity contribution in [3.63, 3.8) is 0 Å². The second-order valence-corrected chi connectivity index (χ2v) is 4.99. The van der Waals surface area contributed by atoms with Gasteiger partial charge in [-0.15, -0.1) is 0 Å². The minimum atomic E-state index is -0.375. The Morgan fingerprint density at radius 3 is 2.89 bits per heavy atom. The number of hydrogen-bond acceptors (Lipinski definition) is 3. The summed E-state index contributed by atoms with van der Waals surface area (Å²) in [7, 11) is 3.91. The number of likely N-dealkylation sites (tertiary alicyclic amines) is 1. The minimum Gasteiger partial charge on any atom is -0.391 e. The highest BCUT2D eigenvalue weighted by molar-refractivity contribution is 5.95. The molecule has 1 aromatic rings. The Bertz CT molecular complexity index is 432. The van der Waals surface area contributed by atoms with E-state index in [9.17, 15) is 9.90 Å². The summed E-state index contributed by atoms with van der Waals surface area (Å²) in [5.74, 6) is 0.0115. The number of hydrogen-bond donors (Lipinski definition) is 1. The molecular weight excluding hydrogens is 228 g/mol. The Balaban J connectivity index is 2.15. The van der Waals surface area contributed by atoms with E-state index in [1.165, 1.54) is 0 Å². The molecule has 98 valence electrons. The number of aliphatic hydroxyl groups is 1. The first kappa shape index (κ1) is 12.9. The molecule has 2 rings (SSSR count). The van der Waals surface area contributed by atoms with Crippen molar-refractivity contribution in [3.8, 4) is 0 Å². The smallest absolute Gasteiger partial charge is 0.254 e. The molecular formula is C14H20N2O2. The Morgan fingerprint density at radius 2 is 2.22 bits per heavy atom. The van der Waals surface area contributed by atoms with Crippen LogP contribution >= 0.6 is 0 Å². The van der Waals surface area contributed by atoms with Gasteiger partial charge in [-0.1, -0.05) is 6.07 Å². The molecule has 1 fully saturated rings. The Labute approximate surface area is 108 Å². The van der Waals surface area contributed by atoms with Crippen LogP contribution in [0, 0.1) is 0 Å². The maximum Gasteiger partial charge on any atom is 0.254 e. The van der Waals surface area contributed by atoms with E-state index in [1.54, 1.807) is 4.90 Å². The summed E-state index contributed by atoms with van der Waals surface area (Å²) in [6, 6.07) is 7.59. The molecule has 0 aromatic heterocycles. The van der Waals surface area contributed by atoms with Crippen molar-refractivity contribution in [3.05, 3.63) is 29.8 Å². The van der Waals surface area contributed by atoms with Gasteiger partial charge in [0, 0.05) is 38.4 Å². The van der Waals surface area contributed by atoms with Gasteiger partial charge in [-0.25, -0.2) is 0 Å². The largest absolute Gasteiger partial charge is 0.391 e. The van der Waals surface area contributed by atoms with Gasteiger partial charge < -0.3 is 14.9 Å². The maximum atomic E-state index is 12.3. The third-order valence-electron chi connectivity index (χ3n) is 3.29. The van der Waals surface area contributed by atoms with E-state index in [0.29, 0.717) is 12.1 Å². The zero-order valence-corrected chi connectivity index (χ0v) is 11.0. The lowest BCUT2D eigenvalue weighted by Gasteiger charge is -2.30. The fraction of sp³-hybridized carbons (Fsp3) is 0.500. The van der Waals surface area contributed by atoms with Crippen LogP contribution < -0.4 is 4.90 Å². The number of rotatable bonds is 2. The van der Waals surface area contributed by atoms with Crippen molar-refractivity contribution < 1.29 is 9.90 Å². The van der Waals surface area contributed by atoms with E-state index in [0.717, 1.165) is 25.1 Å². The predicted molar refractivity (Wildman–Crippen MR) is 71.9 cm³/mol. The first-order valence-electron chi connectivity index (χ1n) is 6.32. The van der Waals surface area contributed by atoms with Gasteiger partial charge in [0.1, 0.15) is 0 Å². The number of benzene rings is 1. The van der Waals surface area contributed by atoms with Gasteiger partial charge in [-0.3, -0.25) is 4.79 Å². The topological polar surface area (TPSA) is 43.8 Å². The predicted octanol–water partition coefficient (Wildman–Crippen LogP) is 1.35. The van der Waals surface area contributed by atoms with Crippen LogP contribution in [0.15, 0.2) is 24.3 Å². The molecule has 4 nitrogen and oxygen atoms in total. The van der Waals surface area contributed by atoms with Gasteiger partial charge in [-0.05, 0) is 31.0 Å². The minimum absolute atomic E-state index is 0.0115. The Hall–Kier alpha value is -1.55. The highest BCUT2D eigenvalue weighted by Crippen LogP contribution is 2.17. The van der Waals surface area contributed by atoms with Crippen LogP contribution in [-0.4, -0.2) is 49.2 Å². The fourth-order valence-electron chi connectivity index (χ4n) is 2.24. The molecule has 4 heteroatoms. The molecule has 1 heterocycles. The monoisotopic (exact) mass is 248 g/mol. The third-order valence-corrected chi connectivity index (χ3v) is 3.29. The van der Waals surface area contributed by atoms with Crippen molar-refractivity contribution >= 4 is 11.6 Å². The van der Waals surface area contributed by atoms with Crippen LogP contribution in [0.2, 0.25) is 0 Å². The average molecular weight is 248 g/mol. The van der Waals surface area contributed by atoms with Crippen molar-refractivity contribution in [1.82, 2.24) is 4.90 Å². The lowest BCUT2D eigenvalue weighted by Crippen LogP contribution is -2.42. The standard InChI is InChI=1S/C14H20N2O2/c1-15(2)12-6-3-5-11(9-12)14(18)16-8-4-7-13(17)10-16/h3,5-6,9,13,17H,4,7-8,10H2,1-2H3. The first-order chi connectivity index (χ1) is 8.58. The SMILES string of the molecule is CN(C)c1cccc(C(=O)N2CCCC(O)C2)c1. The van der Waals surface area contributed by atoms with Crippen LogP contribution in [-0.2, 0) is 0 Å². The van der Waals surface area contributed by atoms with E-state index in [2.05, 4.69) is 0 Å². The zero-order valence-electron chi connectivity index (χ0n) is 11.0. The molecule has 1 atom stereocenters. The van der Waals surface area contributed by atoms with Gasteiger partial charge in [-0.2, -0.15) is 0 Å². The molecule has 0 aliphatic carbocycles. The Morgan fingerprint density at radius 1 is 1.44 bits per heavy atom. The van der Waals surface area contributed by atoms with E-state index >= 15 is 0 Å². The molecule has 1 saturated heterocycles. The highest BCUT2D eigenvalue weighted by Gasteiger charge is 2.23. The summed E-state index contributed by atoms with van der Waals surface area (Å²) >= 11 is 0. The summed E-state index contributed by atoms with van der Waals surface area (Å²) < 4.78 is 0. The lowest BCUT2D eigenvalue weighted by molar-refractivity contribution is 0.0474. The number of β-amino-alcohol motifs (C(OH)–C–C–N with tert-alkyl or cyclic N) is 1. The second kappa shape index (κ2) is 5.40. The van der Waals surface area contributed by atoms with Gasteiger partial charge in [0.05, 0.1) is 6.10 Å². The van der Waals surface area contributed by atoms with Crippen molar-refractivity contribution in [2.75, 3.05) is 32.1 Å². The molecule has 1 N–H and O–H groups in total. The first-order valence-corrected chi connectivity index (χ1v) is 6.32. The van der Waals surface area contributed by atoms with Crippen molar-refractivity contribution in [1.29, 1.82) is 0 Å². The molecule has 18 heavy (non-hydrogen) atoms. The van der Waals surface area contributed by atoms with Crippen molar-refractivity contribution in [2.24, 2.45) is 0 Å². The molecule has 0 radical (unpaired) electrons. The molecule has 1 aliphatic rings. The highest BCUT2D eigenvalue weighted by atomic mass is 16.3. The van der Waals surface area contributed by atoms with Gasteiger partial charge in [0.2, 0.25) is 0 Å². The summed E-state index contributed by atoms with van der Waals surface area (Å²) in [4.78, 5) is 16.0. The molecule has 0 bridgehead atoms. The normalized spacial score (nSPS) is 19.7. The van der Waals surface area contributed by atoms with Crippen LogP contribution in [0.4, 0.5) is 5.69 Å². The number of amides is 1. The number of aliphatic hydroxyl groups excluding tert-OH is 1. The maximum absolute atomic E-state index is 12.3. The summed E-state index contributed by atoms with van der Waals surface area (Å²) in [6.07, 6.45) is 1.29. The van der Waals surface area contributed by atoms with Crippen LogP contribution in [0.5, 0.6) is 0 Å². The summed E-state index contributed by atoms with van der Waals surface area (Å²) in [5, 5.41) is 9.62. The quantitative estimate of drug-likeness (QED) is 0.859. The van der Waals surface area contributed by atoms with E-state index in [4.69, 9.17) is 0 Å².